The van der Waals surface area contributed by atoms with Gasteiger partial charge in [0.05, 0.1) is 0 Å². The van der Waals surface area contributed by atoms with Gasteiger partial charge in [0.1, 0.15) is 0 Å². The Bertz CT molecular complexity index is 480. The van der Waals surface area contributed by atoms with Crippen molar-refractivity contribution in [1.82, 2.24) is 19.8 Å². The van der Waals surface area contributed by atoms with Crippen LogP contribution in [0.2, 0.25) is 0 Å². The Balaban J connectivity index is 2.58. The molecule has 7 heteroatoms. The molecule has 2 N–H and O–H groups in total. The summed E-state index contributed by atoms with van der Waals surface area (Å²) in [5.74, 6) is -1.49. The number of rotatable bonds is 2. The smallest absolute Gasteiger partial charge is 0.340 e. The summed E-state index contributed by atoms with van der Waals surface area (Å²) in [5, 5.41) is 28.8. The number of aromatic nitrogens is 4. The highest BCUT2D eigenvalue weighted by Gasteiger charge is 2.22. The molecule has 0 radical (unpaired) electrons. The highest BCUT2D eigenvalue weighted by atomic mass is 16.4. The Hall–Kier alpha value is -2.02. The van der Waals surface area contributed by atoms with E-state index in [0.29, 0.717) is 5.65 Å². The topological polar surface area (TPSA) is 101 Å². The van der Waals surface area contributed by atoms with Gasteiger partial charge in [-0.2, -0.15) is 9.61 Å². The number of carboxylic acid groups (broad SMARTS) is 1. The summed E-state index contributed by atoms with van der Waals surface area (Å²) in [6.07, 6.45) is -0.256. The largest absolute Gasteiger partial charge is 0.479 e. The first-order chi connectivity index (χ1) is 6.70. The predicted octanol–water partition coefficient (Wildman–Crippen LogP) is -0.758. The number of aliphatic carboxylic acids is 1. The van der Waals surface area contributed by atoms with E-state index in [1.807, 2.05) is 0 Å². The first-order valence-corrected chi connectivity index (χ1v) is 3.77. The molecule has 0 spiro atoms. The zero-order valence-electron chi connectivity index (χ0n) is 6.90. The molecule has 2 heterocycles. The maximum atomic E-state index is 10.5. The number of hydrogen-bond donors (Lipinski definition) is 2. The molecule has 0 fully saturated rings. The number of carbonyl (C=O) groups is 1. The molecule has 7 nitrogen and oxygen atoms in total. The van der Waals surface area contributed by atoms with E-state index in [4.69, 9.17) is 5.11 Å². The van der Waals surface area contributed by atoms with Crippen molar-refractivity contribution < 1.29 is 15.0 Å². The van der Waals surface area contributed by atoms with Crippen molar-refractivity contribution in [2.45, 2.75) is 6.10 Å². The Morgan fingerprint density at radius 3 is 3.00 bits per heavy atom. The van der Waals surface area contributed by atoms with Crippen molar-refractivity contribution in [3.63, 3.8) is 0 Å². The summed E-state index contributed by atoms with van der Waals surface area (Å²) in [5.41, 5.74) is 0.391. The Labute approximate surface area is 77.6 Å². The second kappa shape index (κ2) is 3.04. The molecule has 2 aromatic rings. The van der Waals surface area contributed by atoms with Crippen molar-refractivity contribution in [3.05, 3.63) is 24.2 Å². The van der Waals surface area contributed by atoms with E-state index in [-0.39, 0.29) is 5.82 Å². The number of nitrogens with zero attached hydrogens (tertiary/aromatic N) is 4. The van der Waals surface area contributed by atoms with Gasteiger partial charge in [0, 0.05) is 6.20 Å². The van der Waals surface area contributed by atoms with Crippen LogP contribution < -0.4 is 0 Å². The molecule has 72 valence electrons. The van der Waals surface area contributed by atoms with Crippen LogP contribution in [0.25, 0.3) is 5.65 Å². The van der Waals surface area contributed by atoms with Gasteiger partial charge in [-0.25, -0.2) is 4.79 Å². The van der Waals surface area contributed by atoms with Gasteiger partial charge >= 0.3 is 5.97 Å². The summed E-state index contributed by atoms with van der Waals surface area (Å²) >= 11 is 0. The molecule has 1 unspecified atom stereocenters. The van der Waals surface area contributed by atoms with E-state index in [0.717, 1.165) is 0 Å². The van der Waals surface area contributed by atoms with Crippen LogP contribution in [-0.4, -0.2) is 36.0 Å². The van der Waals surface area contributed by atoms with Crippen molar-refractivity contribution in [2.75, 3.05) is 0 Å². The van der Waals surface area contributed by atoms with Gasteiger partial charge in [-0.15, -0.1) is 10.2 Å². The Kier molecular flexibility index (Phi) is 1.86. The van der Waals surface area contributed by atoms with Gasteiger partial charge in [0.2, 0.25) is 6.10 Å². The van der Waals surface area contributed by atoms with Crippen LogP contribution >= 0.6 is 0 Å². The number of hydrogen-bond acceptors (Lipinski definition) is 5. The Morgan fingerprint density at radius 1 is 1.50 bits per heavy atom. The SMILES string of the molecule is O=C(O)C(O)c1nnc2cccnn12. The molecule has 0 amide bonds. The zero-order valence-corrected chi connectivity index (χ0v) is 6.90. The van der Waals surface area contributed by atoms with Crippen LogP contribution in [0.1, 0.15) is 11.9 Å². The van der Waals surface area contributed by atoms with Gasteiger partial charge in [-0.05, 0) is 12.1 Å². The molecule has 14 heavy (non-hydrogen) atoms. The second-order valence-corrected chi connectivity index (χ2v) is 2.59. The van der Waals surface area contributed by atoms with E-state index in [9.17, 15) is 9.90 Å². The van der Waals surface area contributed by atoms with E-state index in [1.54, 1.807) is 12.1 Å². The van der Waals surface area contributed by atoms with Gasteiger partial charge in [0.25, 0.3) is 0 Å². The fourth-order valence-corrected chi connectivity index (χ4v) is 1.04. The van der Waals surface area contributed by atoms with Crippen molar-refractivity contribution in [2.24, 2.45) is 0 Å². The van der Waals surface area contributed by atoms with Crippen LogP contribution in [0.15, 0.2) is 18.3 Å². The lowest BCUT2D eigenvalue weighted by molar-refractivity contribution is -0.147. The third-order valence-corrected chi connectivity index (χ3v) is 1.68. The minimum atomic E-state index is -1.71. The third kappa shape index (κ3) is 1.19. The molecule has 0 aliphatic carbocycles. The summed E-state index contributed by atoms with van der Waals surface area (Å²) in [4.78, 5) is 10.5. The summed E-state index contributed by atoms with van der Waals surface area (Å²) in [7, 11) is 0. The molecular formula is C7H6N4O3. The van der Waals surface area contributed by atoms with E-state index in [1.165, 1.54) is 10.7 Å². The van der Waals surface area contributed by atoms with Gasteiger partial charge in [-0.3, -0.25) is 0 Å². The average molecular weight is 194 g/mol. The molecular weight excluding hydrogens is 188 g/mol. The van der Waals surface area contributed by atoms with Gasteiger partial charge < -0.3 is 10.2 Å². The Morgan fingerprint density at radius 2 is 2.29 bits per heavy atom. The number of aliphatic hydroxyl groups excluding tert-OH is 1. The number of aliphatic hydroxyl groups is 1. The van der Waals surface area contributed by atoms with Gasteiger partial charge in [-0.1, -0.05) is 0 Å². The van der Waals surface area contributed by atoms with E-state index in [2.05, 4.69) is 15.3 Å². The average Bonchev–Trinajstić information content (AvgIpc) is 2.60. The highest BCUT2D eigenvalue weighted by molar-refractivity contribution is 5.73. The van der Waals surface area contributed by atoms with E-state index >= 15 is 0 Å². The lowest BCUT2D eigenvalue weighted by Crippen LogP contribution is -2.14. The molecule has 0 bridgehead atoms. The normalized spacial score (nSPS) is 12.9. The van der Waals surface area contributed by atoms with Crippen LogP contribution in [-0.2, 0) is 4.79 Å². The number of carboxylic acids is 1. The summed E-state index contributed by atoms with van der Waals surface area (Å²) in [6, 6.07) is 3.25. The molecule has 0 saturated carbocycles. The fraction of sp³-hybridized carbons (Fsp3) is 0.143. The minimum Gasteiger partial charge on any atom is -0.479 e. The summed E-state index contributed by atoms with van der Waals surface area (Å²) in [6.45, 7) is 0. The molecule has 1 atom stereocenters. The van der Waals surface area contributed by atoms with Crippen LogP contribution in [0.3, 0.4) is 0 Å². The molecule has 0 aromatic carbocycles. The maximum Gasteiger partial charge on any atom is 0.340 e. The number of fused-ring (bicyclic) bond motifs is 1. The zero-order chi connectivity index (χ0) is 10.1. The van der Waals surface area contributed by atoms with Crippen LogP contribution in [0.4, 0.5) is 0 Å². The molecule has 2 aromatic heterocycles. The second-order valence-electron chi connectivity index (χ2n) is 2.59. The lowest BCUT2D eigenvalue weighted by Gasteiger charge is -2.00. The van der Waals surface area contributed by atoms with E-state index < -0.39 is 12.1 Å². The maximum absolute atomic E-state index is 10.5. The molecule has 0 saturated heterocycles. The quantitative estimate of drug-likeness (QED) is 0.651. The van der Waals surface area contributed by atoms with Crippen LogP contribution in [0.5, 0.6) is 0 Å². The monoisotopic (exact) mass is 194 g/mol. The first-order valence-electron chi connectivity index (χ1n) is 3.77. The highest BCUT2D eigenvalue weighted by Crippen LogP contribution is 2.10. The van der Waals surface area contributed by atoms with Crippen molar-refractivity contribution in [3.8, 4) is 0 Å². The van der Waals surface area contributed by atoms with Crippen molar-refractivity contribution >= 4 is 11.6 Å². The first kappa shape index (κ1) is 8.57. The third-order valence-electron chi connectivity index (χ3n) is 1.68. The predicted molar refractivity (Wildman–Crippen MR) is 43.4 cm³/mol. The fourth-order valence-electron chi connectivity index (χ4n) is 1.04. The van der Waals surface area contributed by atoms with Crippen LogP contribution in [0, 0.1) is 0 Å². The molecule has 0 aliphatic heterocycles. The van der Waals surface area contributed by atoms with Gasteiger partial charge in [0.15, 0.2) is 11.5 Å². The molecule has 0 aliphatic rings. The molecule has 2 rings (SSSR count). The standard InChI is InChI=1S/C7H6N4O3/c12-5(7(13)14)6-10-9-4-2-1-3-8-11(4)6/h1-3,5,12H,(H,13,14). The minimum absolute atomic E-state index is 0.104. The van der Waals surface area contributed by atoms with Crippen molar-refractivity contribution in [1.29, 1.82) is 0 Å². The summed E-state index contributed by atoms with van der Waals surface area (Å²) < 4.78 is 1.18. The lowest BCUT2D eigenvalue weighted by atomic mass is 10.3.